The van der Waals surface area contributed by atoms with E-state index in [4.69, 9.17) is 11.5 Å². The number of nitrogens with one attached hydrogen (secondary N) is 2. The maximum atomic E-state index is 13.0. The lowest BCUT2D eigenvalue weighted by molar-refractivity contribution is -0.114. The number of nitrogens with two attached hydrogens (primary N) is 2. The van der Waals surface area contributed by atoms with Gasteiger partial charge in [0.2, 0.25) is 5.91 Å². The normalized spacial score (nSPS) is 10.7. The number of benzene rings is 2. The van der Waals surface area contributed by atoms with E-state index in [9.17, 15) is 18.0 Å². The van der Waals surface area contributed by atoms with Gasteiger partial charge < -0.3 is 22.1 Å². The van der Waals surface area contributed by atoms with Crippen LogP contribution in [-0.4, -0.2) is 37.4 Å². The number of anilines is 2. The van der Waals surface area contributed by atoms with Crippen molar-refractivity contribution >= 4 is 67.9 Å². The number of aryl methyl sites for hydroxylation is 2. The maximum absolute atomic E-state index is 13.0. The highest BCUT2D eigenvalue weighted by molar-refractivity contribution is 7.90. The fourth-order valence-electron chi connectivity index (χ4n) is 3.02. The number of sulfone groups is 1. The third-order valence-corrected chi connectivity index (χ3v) is 6.71. The molecule has 0 saturated carbocycles. The van der Waals surface area contributed by atoms with Crippen molar-refractivity contribution in [1.82, 2.24) is 4.98 Å². The van der Waals surface area contributed by atoms with Crippen molar-refractivity contribution in [3.05, 3.63) is 64.7 Å². The first kappa shape index (κ1) is 27.8. The van der Waals surface area contributed by atoms with Gasteiger partial charge in [-0.3, -0.25) is 9.59 Å². The molecular weight excluding hydrogens is 512 g/mol. The lowest BCUT2D eigenvalue weighted by atomic mass is 10.1. The van der Waals surface area contributed by atoms with E-state index in [1.54, 1.807) is 12.1 Å². The van der Waals surface area contributed by atoms with E-state index in [2.05, 4.69) is 20.6 Å². The summed E-state index contributed by atoms with van der Waals surface area (Å²) in [5, 5.41) is 5.69. The third-order valence-electron chi connectivity index (χ3n) is 4.57. The molecule has 1 aromatic heterocycles. The average molecular weight is 537 g/mol. The molecule has 13 heteroatoms. The van der Waals surface area contributed by atoms with Crippen LogP contribution in [0.1, 0.15) is 27.9 Å². The molecule has 0 fully saturated rings. The van der Waals surface area contributed by atoms with Crippen LogP contribution in [0.4, 0.5) is 16.5 Å². The number of aliphatic imine (C=N–C) groups is 1. The van der Waals surface area contributed by atoms with Crippen molar-refractivity contribution in [1.29, 1.82) is 0 Å². The summed E-state index contributed by atoms with van der Waals surface area (Å²) in [5.74, 6) is -0.722. The smallest absolute Gasteiger partial charge is 0.267 e. The molecule has 0 radical (unpaired) electrons. The summed E-state index contributed by atoms with van der Waals surface area (Å²) in [7, 11) is -3.34. The van der Waals surface area contributed by atoms with Crippen LogP contribution >= 0.6 is 23.7 Å². The number of nitrogens with zero attached hydrogens (tertiary/aromatic N) is 2. The Bertz CT molecular complexity index is 1330. The van der Waals surface area contributed by atoms with Gasteiger partial charge >= 0.3 is 0 Å². The van der Waals surface area contributed by atoms with Crippen LogP contribution in [0, 0.1) is 0 Å². The number of hydrogen-bond donors (Lipinski definition) is 4. The molecule has 3 rings (SSSR count). The molecule has 0 aliphatic heterocycles. The van der Waals surface area contributed by atoms with Crippen molar-refractivity contribution in [3.8, 4) is 0 Å². The summed E-state index contributed by atoms with van der Waals surface area (Å²) >= 11 is 1.07. The number of halogens is 1. The highest BCUT2D eigenvalue weighted by atomic mass is 35.5. The van der Waals surface area contributed by atoms with Gasteiger partial charge in [-0.2, -0.15) is 0 Å². The number of carbonyl (C=O) groups excluding carboxylic acids is 2. The molecule has 0 aliphatic carbocycles. The number of hydrogen-bond acceptors (Lipinski definition) is 7. The second kappa shape index (κ2) is 11.8. The quantitative estimate of drug-likeness (QED) is 0.253. The van der Waals surface area contributed by atoms with Gasteiger partial charge in [0, 0.05) is 18.9 Å². The number of carbonyl (C=O) groups is 2. The largest absolute Gasteiger partial charge is 0.370 e. The Labute approximate surface area is 213 Å². The SMILES string of the molecule is CC(=O)Nc1nc(CCc2ccc(N=C(N)N)cc2)c(C(=O)Nc2ccc(S(C)(=O)=O)cc2)s1.Cl. The van der Waals surface area contributed by atoms with Gasteiger partial charge in [-0.1, -0.05) is 23.5 Å². The molecule has 2 aromatic carbocycles. The molecule has 0 aliphatic rings. The van der Waals surface area contributed by atoms with Crippen LogP contribution in [0.25, 0.3) is 0 Å². The topological polar surface area (TPSA) is 170 Å². The summed E-state index contributed by atoms with van der Waals surface area (Å²) in [6, 6.07) is 13.2. The Morgan fingerprint density at radius 2 is 1.63 bits per heavy atom. The van der Waals surface area contributed by atoms with Crippen LogP contribution in [0.15, 0.2) is 58.4 Å². The van der Waals surface area contributed by atoms with Gasteiger partial charge in [0.05, 0.1) is 16.3 Å². The molecule has 0 saturated heterocycles. The molecule has 0 unspecified atom stereocenters. The highest BCUT2D eigenvalue weighted by Gasteiger charge is 2.19. The number of rotatable bonds is 8. The minimum Gasteiger partial charge on any atom is -0.370 e. The zero-order valence-corrected chi connectivity index (χ0v) is 21.4. The van der Waals surface area contributed by atoms with E-state index in [0.29, 0.717) is 39.9 Å². The molecule has 35 heavy (non-hydrogen) atoms. The zero-order chi connectivity index (χ0) is 24.9. The summed E-state index contributed by atoms with van der Waals surface area (Å²) < 4.78 is 23.3. The first-order valence-corrected chi connectivity index (χ1v) is 12.8. The second-order valence-electron chi connectivity index (χ2n) is 7.43. The number of amides is 2. The molecular formula is C22H25ClN6O4S2. The molecule has 3 aromatic rings. The summed E-state index contributed by atoms with van der Waals surface area (Å²) in [5.41, 5.74) is 13.4. The Kier molecular flexibility index (Phi) is 9.34. The molecule has 0 bridgehead atoms. The summed E-state index contributed by atoms with van der Waals surface area (Å²) in [6.45, 7) is 1.36. The van der Waals surface area contributed by atoms with Crippen LogP contribution in [0.5, 0.6) is 0 Å². The van der Waals surface area contributed by atoms with E-state index in [1.807, 2.05) is 12.1 Å². The second-order valence-corrected chi connectivity index (χ2v) is 10.4. The van der Waals surface area contributed by atoms with Crippen molar-refractivity contribution in [3.63, 3.8) is 0 Å². The lowest BCUT2D eigenvalue weighted by Gasteiger charge is -2.07. The third kappa shape index (κ3) is 8.05. The standard InChI is InChI=1S/C22H24N6O4S2.ClH/c1-13(29)25-22-28-18(12-5-14-3-6-16(7-4-14)27-21(23)24)19(33-22)20(30)26-15-8-10-17(11-9-15)34(2,31)32;/h3-4,6-11H,5,12H2,1-2H3,(H,26,30)(H4,23,24,27)(H,25,28,29);1H. The van der Waals surface area contributed by atoms with Gasteiger partial charge in [0.25, 0.3) is 5.91 Å². The fourth-order valence-corrected chi connectivity index (χ4v) is 4.61. The van der Waals surface area contributed by atoms with Gasteiger partial charge in [0.1, 0.15) is 4.88 Å². The molecule has 0 spiro atoms. The van der Waals surface area contributed by atoms with Crippen LogP contribution in [0.3, 0.4) is 0 Å². The number of aromatic nitrogens is 1. The number of guanidine groups is 1. The first-order chi connectivity index (χ1) is 16.0. The fraction of sp³-hybridized carbons (Fsp3) is 0.182. The van der Waals surface area contributed by atoms with E-state index in [-0.39, 0.29) is 29.2 Å². The predicted octanol–water partition coefficient (Wildman–Crippen LogP) is 2.87. The maximum Gasteiger partial charge on any atom is 0.267 e. The first-order valence-electron chi connectivity index (χ1n) is 10.1. The van der Waals surface area contributed by atoms with E-state index in [1.165, 1.54) is 31.2 Å². The molecule has 2 amide bonds. The van der Waals surface area contributed by atoms with Gasteiger partial charge in [-0.15, -0.1) is 12.4 Å². The Morgan fingerprint density at radius 3 is 2.17 bits per heavy atom. The Morgan fingerprint density at radius 1 is 1.00 bits per heavy atom. The minimum atomic E-state index is -3.34. The van der Waals surface area contributed by atoms with Crippen molar-refractivity contribution < 1.29 is 18.0 Å². The predicted molar refractivity (Wildman–Crippen MR) is 140 cm³/mol. The molecule has 6 N–H and O–H groups in total. The molecule has 1 heterocycles. The zero-order valence-electron chi connectivity index (χ0n) is 18.9. The van der Waals surface area contributed by atoms with Gasteiger partial charge in [0.15, 0.2) is 20.9 Å². The Balaban J connectivity index is 0.00000432. The minimum absolute atomic E-state index is 0. The highest BCUT2D eigenvalue weighted by Crippen LogP contribution is 2.26. The average Bonchev–Trinajstić information content (AvgIpc) is 3.14. The van der Waals surface area contributed by atoms with Crippen LogP contribution in [-0.2, 0) is 27.5 Å². The molecule has 10 nitrogen and oxygen atoms in total. The number of thiazole rings is 1. The summed E-state index contributed by atoms with van der Waals surface area (Å²) in [4.78, 5) is 33.4. The molecule has 0 atom stereocenters. The van der Waals surface area contributed by atoms with Crippen molar-refractivity contribution in [2.24, 2.45) is 16.5 Å². The lowest BCUT2D eigenvalue weighted by Crippen LogP contribution is -2.21. The van der Waals surface area contributed by atoms with Crippen LogP contribution in [0.2, 0.25) is 0 Å². The van der Waals surface area contributed by atoms with Gasteiger partial charge in [-0.05, 0) is 54.8 Å². The van der Waals surface area contributed by atoms with E-state index >= 15 is 0 Å². The van der Waals surface area contributed by atoms with Gasteiger partial charge in [-0.25, -0.2) is 18.4 Å². The van der Waals surface area contributed by atoms with Crippen molar-refractivity contribution in [2.75, 3.05) is 16.9 Å². The van der Waals surface area contributed by atoms with E-state index in [0.717, 1.165) is 23.2 Å². The summed E-state index contributed by atoms with van der Waals surface area (Å²) in [6.07, 6.45) is 2.16. The van der Waals surface area contributed by atoms with Crippen LogP contribution < -0.4 is 22.1 Å². The molecule has 186 valence electrons. The Hall–Kier alpha value is -3.48. The van der Waals surface area contributed by atoms with E-state index < -0.39 is 15.7 Å². The monoisotopic (exact) mass is 536 g/mol. The van der Waals surface area contributed by atoms with Crippen molar-refractivity contribution in [2.45, 2.75) is 24.7 Å².